The average Bonchev–Trinajstić information content (AvgIpc) is 2.28. The first-order valence-corrected chi connectivity index (χ1v) is 5.16. The van der Waals surface area contributed by atoms with E-state index in [-0.39, 0.29) is 11.3 Å². The van der Waals surface area contributed by atoms with E-state index in [1.165, 1.54) is 12.1 Å². The number of hydrogen-bond donors (Lipinski definition) is 3. The van der Waals surface area contributed by atoms with Gasteiger partial charge in [-0.15, -0.1) is 0 Å². The molecule has 0 aliphatic heterocycles. The van der Waals surface area contributed by atoms with Crippen LogP contribution < -0.4 is 16.0 Å². The number of halogens is 1. The van der Waals surface area contributed by atoms with E-state index in [1.807, 2.05) is 0 Å². The fraction of sp³-hybridized carbons (Fsp3) is 0.364. The van der Waals surface area contributed by atoms with Gasteiger partial charge in [0.05, 0.1) is 11.4 Å². The summed E-state index contributed by atoms with van der Waals surface area (Å²) in [6, 6.07) is 2.60. The SMILES string of the molecule is CNCCN(C)c1ccc(F)c(N)c1C(=O)O. The van der Waals surface area contributed by atoms with E-state index in [9.17, 15) is 9.18 Å². The van der Waals surface area contributed by atoms with Gasteiger partial charge in [-0.3, -0.25) is 0 Å². The van der Waals surface area contributed by atoms with E-state index in [2.05, 4.69) is 5.32 Å². The molecule has 4 N–H and O–H groups in total. The van der Waals surface area contributed by atoms with Crippen molar-refractivity contribution in [3.8, 4) is 0 Å². The molecular weight excluding hydrogens is 225 g/mol. The average molecular weight is 241 g/mol. The van der Waals surface area contributed by atoms with Crippen LogP contribution in [0.1, 0.15) is 10.4 Å². The molecule has 1 rings (SSSR count). The molecule has 5 nitrogen and oxygen atoms in total. The summed E-state index contributed by atoms with van der Waals surface area (Å²) < 4.78 is 13.2. The fourth-order valence-electron chi connectivity index (χ4n) is 1.53. The number of anilines is 2. The maximum absolute atomic E-state index is 13.2. The van der Waals surface area contributed by atoms with E-state index < -0.39 is 11.8 Å². The molecule has 0 spiro atoms. The zero-order chi connectivity index (χ0) is 13.0. The van der Waals surface area contributed by atoms with Crippen LogP contribution in [-0.2, 0) is 0 Å². The van der Waals surface area contributed by atoms with Gasteiger partial charge in [0.25, 0.3) is 0 Å². The van der Waals surface area contributed by atoms with Gasteiger partial charge in [0.15, 0.2) is 0 Å². The predicted octanol–water partition coefficient (Wildman–Crippen LogP) is 0.762. The Labute approximate surface area is 99.0 Å². The third-order valence-corrected chi connectivity index (χ3v) is 2.49. The van der Waals surface area contributed by atoms with Crippen LogP contribution in [-0.4, -0.2) is 38.3 Å². The van der Waals surface area contributed by atoms with Gasteiger partial charge in [-0.05, 0) is 19.2 Å². The molecule has 94 valence electrons. The molecule has 0 aromatic heterocycles. The molecule has 0 bridgehead atoms. The summed E-state index contributed by atoms with van der Waals surface area (Å²) in [5.41, 5.74) is 5.34. The van der Waals surface area contributed by atoms with Gasteiger partial charge < -0.3 is 21.1 Å². The normalized spacial score (nSPS) is 10.3. The Balaban J connectivity index is 3.15. The summed E-state index contributed by atoms with van der Waals surface area (Å²) in [6.45, 7) is 1.29. The van der Waals surface area contributed by atoms with Crippen LogP contribution in [0.3, 0.4) is 0 Å². The third-order valence-electron chi connectivity index (χ3n) is 2.49. The number of aromatic carboxylic acids is 1. The van der Waals surface area contributed by atoms with Crippen molar-refractivity contribution >= 4 is 17.3 Å². The molecule has 1 aromatic carbocycles. The molecule has 0 aliphatic rings. The van der Waals surface area contributed by atoms with Crippen LogP contribution in [0.25, 0.3) is 0 Å². The van der Waals surface area contributed by atoms with Crippen molar-refractivity contribution in [2.24, 2.45) is 0 Å². The van der Waals surface area contributed by atoms with E-state index >= 15 is 0 Å². The Morgan fingerprint density at radius 3 is 2.76 bits per heavy atom. The molecule has 0 atom stereocenters. The molecule has 0 fully saturated rings. The number of carboxylic acid groups (broad SMARTS) is 1. The van der Waals surface area contributed by atoms with Crippen molar-refractivity contribution in [3.05, 3.63) is 23.5 Å². The quantitative estimate of drug-likeness (QED) is 0.663. The number of rotatable bonds is 5. The smallest absolute Gasteiger partial charge is 0.340 e. The lowest BCUT2D eigenvalue weighted by atomic mass is 10.1. The molecule has 0 saturated carbocycles. The van der Waals surface area contributed by atoms with Gasteiger partial charge in [-0.2, -0.15) is 0 Å². The fourth-order valence-corrected chi connectivity index (χ4v) is 1.53. The molecule has 17 heavy (non-hydrogen) atoms. The highest BCUT2D eigenvalue weighted by atomic mass is 19.1. The molecule has 0 heterocycles. The molecular formula is C11H16FN3O2. The van der Waals surface area contributed by atoms with Crippen molar-refractivity contribution in [2.75, 3.05) is 37.8 Å². The van der Waals surface area contributed by atoms with E-state index in [1.54, 1.807) is 19.0 Å². The minimum atomic E-state index is -1.23. The van der Waals surface area contributed by atoms with E-state index in [4.69, 9.17) is 10.8 Å². The summed E-state index contributed by atoms with van der Waals surface area (Å²) in [6.07, 6.45) is 0. The van der Waals surface area contributed by atoms with Crippen LogP contribution in [0.2, 0.25) is 0 Å². The Bertz CT molecular complexity index is 423. The maximum atomic E-state index is 13.2. The summed E-state index contributed by atoms with van der Waals surface area (Å²) in [4.78, 5) is 12.8. The lowest BCUT2D eigenvalue weighted by Gasteiger charge is -2.22. The second-order valence-electron chi connectivity index (χ2n) is 3.69. The number of nitrogens with one attached hydrogen (secondary N) is 1. The van der Waals surface area contributed by atoms with Crippen molar-refractivity contribution in [2.45, 2.75) is 0 Å². The van der Waals surface area contributed by atoms with Crippen LogP contribution in [0.15, 0.2) is 12.1 Å². The van der Waals surface area contributed by atoms with Crippen LogP contribution >= 0.6 is 0 Å². The summed E-state index contributed by atoms with van der Waals surface area (Å²) in [5.74, 6) is -1.94. The Morgan fingerprint density at radius 2 is 2.24 bits per heavy atom. The topological polar surface area (TPSA) is 78.6 Å². The second-order valence-corrected chi connectivity index (χ2v) is 3.69. The molecule has 0 unspecified atom stereocenters. The Hall–Kier alpha value is -1.82. The second kappa shape index (κ2) is 5.49. The largest absolute Gasteiger partial charge is 0.478 e. The summed E-state index contributed by atoms with van der Waals surface area (Å²) >= 11 is 0. The Morgan fingerprint density at radius 1 is 1.59 bits per heavy atom. The number of hydrogen-bond acceptors (Lipinski definition) is 4. The summed E-state index contributed by atoms with van der Waals surface area (Å²) in [5, 5.41) is 12.0. The molecule has 0 radical (unpaired) electrons. The van der Waals surface area contributed by atoms with Gasteiger partial charge in [0.2, 0.25) is 0 Å². The number of nitrogens with zero attached hydrogens (tertiary/aromatic N) is 1. The molecule has 0 saturated heterocycles. The Kier molecular flexibility index (Phi) is 4.28. The van der Waals surface area contributed by atoms with Crippen LogP contribution in [0.5, 0.6) is 0 Å². The van der Waals surface area contributed by atoms with Crippen LogP contribution in [0.4, 0.5) is 15.8 Å². The van der Waals surface area contributed by atoms with Gasteiger partial charge in [0.1, 0.15) is 11.4 Å². The lowest BCUT2D eigenvalue weighted by Crippen LogP contribution is -2.28. The standard InChI is InChI=1S/C11H16FN3O2/c1-14-5-6-15(2)8-4-3-7(12)10(13)9(8)11(16)17/h3-4,14H,5-6,13H2,1-2H3,(H,16,17). The first-order valence-electron chi connectivity index (χ1n) is 5.16. The highest BCUT2D eigenvalue weighted by Crippen LogP contribution is 2.27. The van der Waals surface area contributed by atoms with E-state index in [0.717, 1.165) is 0 Å². The predicted molar refractivity (Wildman–Crippen MR) is 65.0 cm³/mol. The first kappa shape index (κ1) is 13.2. The highest BCUT2D eigenvalue weighted by Gasteiger charge is 2.19. The van der Waals surface area contributed by atoms with Gasteiger partial charge in [-0.1, -0.05) is 0 Å². The number of nitrogen functional groups attached to an aromatic ring is 1. The van der Waals surface area contributed by atoms with Crippen molar-refractivity contribution in [1.82, 2.24) is 5.32 Å². The number of carbonyl (C=O) groups is 1. The van der Waals surface area contributed by atoms with Crippen molar-refractivity contribution in [1.29, 1.82) is 0 Å². The molecule has 0 amide bonds. The minimum absolute atomic E-state index is 0.191. The van der Waals surface area contributed by atoms with Crippen molar-refractivity contribution in [3.63, 3.8) is 0 Å². The van der Waals surface area contributed by atoms with Crippen molar-refractivity contribution < 1.29 is 14.3 Å². The minimum Gasteiger partial charge on any atom is -0.478 e. The number of likely N-dealkylation sites (N-methyl/N-ethyl adjacent to an activating group) is 2. The maximum Gasteiger partial charge on any atom is 0.340 e. The van der Waals surface area contributed by atoms with Crippen LogP contribution in [0, 0.1) is 5.82 Å². The molecule has 0 aliphatic carbocycles. The number of carboxylic acids is 1. The van der Waals surface area contributed by atoms with Gasteiger partial charge >= 0.3 is 5.97 Å². The third kappa shape index (κ3) is 2.85. The molecule has 1 aromatic rings. The zero-order valence-corrected chi connectivity index (χ0v) is 9.83. The number of benzene rings is 1. The summed E-state index contributed by atoms with van der Waals surface area (Å²) in [7, 11) is 3.53. The number of nitrogens with two attached hydrogens (primary N) is 1. The van der Waals surface area contributed by atoms with Gasteiger partial charge in [-0.25, -0.2) is 9.18 Å². The van der Waals surface area contributed by atoms with E-state index in [0.29, 0.717) is 18.8 Å². The first-order chi connectivity index (χ1) is 7.99. The molecule has 6 heteroatoms. The highest BCUT2D eigenvalue weighted by molar-refractivity contribution is 6.00. The zero-order valence-electron chi connectivity index (χ0n) is 9.83. The monoisotopic (exact) mass is 241 g/mol. The van der Waals surface area contributed by atoms with Gasteiger partial charge in [0, 0.05) is 20.1 Å². The lowest BCUT2D eigenvalue weighted by molar-refractivity contribution is 0.0698.